The highest BCUT2D eigenvalue weighted by molar-refractivity contribution is 5.88. The van der Waals surface area contributed by atoms with Gasteiger partial charge in [0.1, 0.15) is 17.1 Å². The van der Waals surface area contributed by atoms with Gasteiger partial charge in [-0.1, -0.05) is 0 Å². The molecule has 8 heteroatoms. The molecule has 0 spiro atoms. The second-order valence-electron chi connectivity index (χ2n) is 4.64. The summed E-state index contributed by atoms with van der Waals surface area (Å²) < 4.78 is 5.22. The fourth-order valence-corrected chi connectivity index (χ4v) is 1.58. The molecule has 3 amide bonds. The second-order valence-corrected chi connectivity index (χ2v) is 4.64. The molecule has 0 saturated heterocycles. The van der Waals surface area contributed by atoms with E-state index in [2.05, 4.69) is 10.6 Å². The van der Waals surface area contributed by atoms with Crippen LogP contribution in [-0.4, -0.2) is 48.6 Å². The van der Waals surface area contributed by atoms with Gasteiger partial charge in [0.25, 0.3) is 0 Å². The standard InChI is InChI=1S/C13H19N3O5/c1-8-10(12(18)19)6-9(21-8)7-15-13(20)14-5-4-11(17)16(2)3/h6H,4-5,7H2,1-3H3,(H,18,19)(H2,14,15,20). The Morgan fingerprint density at radius 3 is 2.48 bits per heavy atom. The summed E-state index contributed by atoms with van der Waals surface area (Å²) in [7, 11) is 3.28. The van der Waals surface area contributed by atoms with Gasteiger partial charge in [-0.3, -0.25) is 4.79 Å². The molecule has 1 aromatic heterocycles. The number of nitrogens with one attached hydrogen (secondary N) is 2. The zero-order chi connectivity index (χ0) is 16.0. The Kier molecular flexibility index (Phi) is 5.77. The van der Waals surface area contributed by atoms with Gasteiger partial charge >= 0.3 is 12.0 Å². The zero-order valence-corrected chi connectivity index (χ0v) is 12.2. The SMILES string of the molecule is Cc1oc(CNC(=O)NCCC(=O)N(C)C)cc1C(=O)O. The minimum atomic E-state index is -1.07. The molecule has 1 aromatic rings. The molecule has 1 rings (SSSR count). The van der Waals surface area contributed by atoms with E-state index in [0.717, 1.165) is 0 Å². The summed E-state index contributed by atoms with van der Waals surface area (Å²) in [6, 6.07) is 0.917. The average Bonchev–Trinajstić information content (AvgIpc) is 2.77. The van der Waals surface area contributed by atoms with Gasteiger partial charge in [-0.2, -0.15) is 0 Å². The van der Waals surface area contributed by atoms with Gasteiger partial charge in [0.2, 0.25) is 5.91 Å². The molecule has 0 unspecified atom stereocenters. The van der Waals surface area contributed by atoms with E-state index in [0.29, 0.717) is 5.76 Å². The lowest BCUT2D eigenvalue weighted by atomic mass is 10.2. The average molecular weight is 297 g/mol. The van der Waals surface area contributed by atoms with Crippen molar-refractivity contribution >= 4 is 17.9 Å². The number of carbonyl (C=O) groups is 3. The van der Waals surface area contributed by atoms with Gasteiger partial charge in [-0.25, -0.2) is 9.59 Å². The second kappa shape index (κ2) is 7.32. The van der Waals surface area contributed by atoms with Crippen LogP contribution in [0.1, 0.15) is 28.3 Å². The van der Waals surface area contributed by atoms with Crippen molar-refractivity contribution in [3.63, 3.8) is 0 Å². The van der Waals surface area contributed by atoms with Gasteiger partial charge < -0.3 is 25.1 Å². The molecule has 0 aliphatic rings. The molecule has 3 N–H and O–H groups in total. The Morgan fingerprint density at radius 2 is 1.95 bits per heavy atom. The number of hydrogen-bond donors (Lipinski definition) is 3. The number of carbonyl (C=O) groups excluding carboxylic acids is 2. The Bertz CT molecular complexity index is 536. The van der Waals surface area contributed by atoms with Crippen LogP contribution in [0.3, 0.4) is 0 Å². The molecule has 8 nitrogen and oxygen atoms in total. The number of rotatable bonds is 6. The van der Waals surface area contributed by atoms with E-state index in [4.69, 9.17) is 9.52 Å². The van der Waals surface area contributed by atoms with Crippen molar-refractivity contribution < 1.29 is 23.9 Å². The lowest BCUT2D eigenvalue weighted by Gasteiger charge is -2.10. The number of carboxylic acids is 1. The molecule has 116 valence electrons. The molecule has 0 fully saturated rings. The first-order valence-corrected chi connectivity index (χ1v) is 6.35. The minimum absolute atomic E-state index is 0.0710. The number of hydrogen-bond acceptors (Lipinski definition) is 4. The van der Waals surface area contributed by atoms with Crippen LogP contribution in [0.5, 0.6) is 0 Å². The number of urea groups is 1. The Morgan fingerprint density at radius 1 is 1.29 bits per heavy atom. The van der Waals surface area contributed by atoms with Crippen molar-refractivity contribution in [3.8, 4) is 0 Å². The lowest BCUT2D eigenvalue weighted by Crippen LogP contribution is -2.37. The number of furan rings is 1. The third kappa shape index (κ3) is 5.17. The van der Waals surface area contributed by atoms with Crippen molar-refractivity contribution in [2.75, 3.05) is 20.6 Å². The fraction of sp³-hybridized carbons (Fsp3) is 0.462. The maximum absolute atomic E-state index is 11.5. The number of amides is 3. The summed E-state index contributed by atoms with van der Waals surface area (Å²) in [4.78, 5) is 35.1. The van der Waals surface area contributed by atoms with Crippen LogP contribution in [0.15, 0.2) is 10.5 Å². The predicted octanol–water partition coefficient (Wildman–Crippen LogP) is 0.564. The third-order valence-electron chi connectivity index (χ3n) is 2.75. The van der Waals surface area contributed by atoms with E-state index >= 15 is 0 Å². The fourth-order valence-electron chi connectivity index (χ4n) is 1.58. The molecule has 21 heavy (non-hydrogen) atoms. The highest BCUT2D eigenvalue weighted by Crippen LogP contribution is 2.14. The van der Waals surface area contributed by atoms with E-state index < -0.39 is 12.0 Å². The van der Waals surface area contributed by atoms with Gasteiger partial charge in [-0.15, -0.1) is 0 Å². The Labute approximate surface area is 122 Å². The van der Waals surface area contributed by atoms with Crippen molar-refractivity contribution in [2.45, 2.75) is 19.9 Å². The first-order valence-electron chi connectivity index (χ1n) is 6.35. The normalized spacial score (nSPS) is 10.0. The van der Waals surface area contributed by atoms with Gasteiger partial charge in [-0.05, 0) is 13.0 Å². The highest BCUT2D eigenvalue weighted by Gasteiger charge is 2.14. The van der Waals surface area contributed by atoms with Crippen molar-refractivity contribution in [1.29, 1.82) is 0 Å². The third-order valence-corrected chi connectivity index (χ3v) is 2.75. The molecule has 0 radical (unpaired) electrons. The minimum Gasteiger partial charge on any atom is -0.478 e. The van der Waals surface area contributed by atoms with Crippen LogP contribution < -0.4 is 10.6 Å². The first kappa shape index (κ1) is 16.5. The summed E-state index contributed by atoms with van der Waals surface area (Å²) in [5.41, 5.74) is 0.0730. The summed E-state index contributed by atoms with van der Waals surface area (Å²) in [6.07, 6.45) is 0.212. The summed E-state index contributed by atoms with van der Waals surface area (Å²) in [6.45, 7) is 1.84. The van der Waals surface area contributed by atoms with Crippen LogP contribution in [0.2, 0.25) is 0 Å². The largest absolute Gasteiger partial charge is 0.478 e. The number of aryl methyl sites for hydroxylation is 1. The van der Waals surface area contributed by atoms with Crippen LogP contribution in [0.25, 0.3) is 0 Å². The molecule has 1 heterocycles. The Hall–Kier alpha value is -2.51. The molecule has 0 saturated carbocycles. The zero-order valence-electron chi connectivity index (χ0n) is 12.2. The molecular formula is C13H19N3O5. The van der Waals surface area contributed by atoms with E-state index in [1.165, 1.54) is 11.0 Å². The first-order chi connectivity index (χ1) is 9.81. The van der Waals surface area contributed by atoms with Crippen molar-refractivity contribution in [2.24, 2.45) is 0 Å². The van der Waals surface area contributed by atoms with Crippen molar-refractivity contribution in [3.05, 3.63) is 23.2 Å². The number of nitrogens with zero attached hydrogens (tertiary/aromatic N) is 1. The summed E-state index contributed by atoms with van der Waals surface area (Å²) in [5.74, 6) is -0.516. The summed E-state index contributed by atoms with van der Waals surface area (Å²) >= 11 is 0. The maximum atomic E-state index is 11.5. The van der Waals surface area contributed by atoms with E-state index in [-0.39, 0.29) is 36.7 Å². The molecular weight excluding hydrogens is 278 g/mol. The van der Waals surface area contributed by atoms with Gasteiger partial charge in [0, 0.05) is 27.1 Å². The van der Waals surface area contributed by atoms with E-state index in [1.54, 1.807) is 21.0 Å². The van der Waals surface area contributed by atoms with Gasteiger partial charge in [0.15, 0.2) is 0 Å². The molecule has 0 aliphatic carbocycles. The molecule has 0 aromatic carbocycles. The monoisotopic (exact) mass is 297 g/mol. The lowest BCUT2D eigenvalue weighted by molar-refractivity contribution is -0.128. The highest BCUT2D eigenvalue weighted by atomic mass is 16.4. The number of aromatic carboxylic acids is 1. The number of carboxylic acid groups (broad SMARTS) is 1. The smallest absolute Gasteiger partial charge is 0.339 e. The van der Waals surface area contributed by atoms with Crippen molar-refractivity contribution in [1.82, 2.24) is 15.5 Å². The predicted molar refractivity (Wildman–Crippen MR) is 74.0 cm³/mol. The van der Waals surface area contributed by atoms with Crippen LogP contribution in [0.4, 0.5) is 4.79 Å². The van der Waals surface area contributed by atoms with Crippen LogP contribution in [0, 0.1) is 6.92 Å². The van der Waals surface area contributed by atoms with E-state index in [1.807, 2.05) is 0 Å². The topological polar surface area (TPSA) is 112 Å². The van der Waals surface area contributed by atoms with Crippen LogP contribution >= 0.6 is 0 Å². The van der Waals surface area contributed by atoms with Gasteiger partial charge in [0.05, 0.1) is 6.54 Å². The van der Waals surface area contributed by atoms with E-state index in [9.17, 15) is 14.4 Å². The molecule has 0 atom stereocenters. The summed E-state index contributed by atoms with van der Waals surface area (Å²) in [5, 5.41) is 13.9. The molecule has 0 bridgehead atoms. The quantitative estimate of drug-likeness (QED) is 0.710. The molecule has 0 aliphatic heterocycles. The Balaban J connectivity index is 2.35. The van der Waals surface area contributed by atoms with Crippen LogP contribution in [-0.2, 0) is 11.3 Å². The maximum Gasteiger partial charge on any atom is 0.339 e.